The summed E-state index contributed by atoms with van der Waals surface area (Å²) in [6.07, 6.45) is 1.86. The van der Waals surface area contributed by atoms with Crippen LogP contribution in [0.25, 0.3) is 0 Å². The Hall–Kier alpha value is -2.49. The van der Waals surface area contributed by atoms with Gasteiger partial charge >= 0.3 is 0 Å². The zero-order valence-corrected chi connectivity index (χ0v) is 25.8. The van der Waals surface area contributed by atoms with Gasteiger partial charge in [0.05, 0.1) is 27.0 Å². The molecule has 0 spiro atoms. The van der Waals surface area contributed by atoms with E-state index in [1.54, 1.807) is 24.3 Å². The monoisotopic (exact) mass is 643 g/mol. The molecule has 0 aliphatic rings. The minimum Gasteiger partial charge on any atom is -0.354 e. The van der Waals surface area contributed by atoms with E-state index in [1.807, 2.05) is 37.3 Å². The van der Waals surface area contributed by atoms with Crippen molar-refractivity contribution in [2.75, 3.05) is 23.7 Å². The van der Waals surface area contributed by atoms with Crippen LogP contribution < -0.4 is 9.62 Å². The van der Waals surface area contributed by atoms with E-state index in [4.69, 9.17) is 46.4 Å². The molecule has 3 rings (SSSR count). The molecule has 0 bridgehead atoms. The summed E-state index contributed by atoms with van der Waals surface area (Å²) in [7, 11) is -4.02. The molecule has 1 atom stereocenters. The standard InChI is InChI=1S/C28H29Cl4N3O4S/c1-3-12-33-28(37)26(14-19-8-5-4-6-9-19)34(17-20-10-7-11-21(29)13-20)27(36)18-35(40(2,38)39)25-16-23(31)22(30)15-24(25)32/h4-11,13,15-16,26H,3,12,14,17-18H2,1-2H3,(H,33,37)/t26-/m1/s1. The molecule has 0 aliphatic carbocycles. The average molecular weight is 645 g/mol. The first-order valence-electron chi connectivity index (χ1n) is 12.4. The van der Waals surface area contributed by atoms with Crippen molar-refractivity contribution in [2.24, 2.45) is 0 Å². The molecule has 0 saturated carbocycles. The first-order valence-corrected chi connectivity index (χ1v) is 15.7. The molecule has 214 valence electrons. The fourth-order valence-corrected chi connectivity index (χ4v) is 5.81. The highest BCUT2D eigenvalue weighted by molar-refractivity contribution is 7.92. The quantitative estimate of drug-likeness (QED) is 0.237. The van der Waals surface area contributed by atoms with Crippen LogP contribution in [0.1, 0.15) is 24.5 Å². The van der Waals surface area contributed by atoms with Crippen molar-refractivity contribution in [3.8, 4) is 0 Å². The molecule has 12 heteroatoms. The van der Waals surface area contributed by atoms with Crippen LogP contribution in [-0.2, 0) is 32.6 Å². The fraction of sp³-hybridized carbons (Fsp3) is 0.286. The van der Waals surface area contributed by atoms with E-state index in [9.17, 15) is 18.0 Å². The van der Waals surface area contributed by atoms with Crippen molar-refractivity contribution in [3.63, 3.8) is 0 Å². The Kier molecular flexibility index (Phi) is 11.5. The average Bonchev–Trinajstić information content (AvgIpc) is 2.90. The number of amides is 2. The van der Waals surface area contributed by atoms with E-state index in [0.717, 1.165) is 16.1 Å². The molecule has 0 aliphatic heterocycles. The largest absolute Gasteiger partial charge is 0.354 e. The Morgan fingerprint density at radius 3 is 2.15 bits per heavy atom. The van der Waals surface area contributed by atoms with Crippen molar-refractivity contribution in [2.45, 2.75) is 32.4 Å². The number of sulfonamides is 1. The molecule has 0 radical (unpaired) electrons. The molecule has 7 nitrogen and oxygen atoms in total. The minimum atomic E-state index is -4.02. The fourth-order valence-electron chi connectivity index (χ4n) is 4.05. The van der Waals surface area contributed by atoms with Crippen LogP contribution in [0, 0.1) is 0 Å². The molecule has 40 heavy (non-hydrogen) atoms. The molecular formula is C28H29Cl4N3O4S. The van der Waals surface area contributed by atoms with Crippen molar-refractivity contribution in [3.05, 3.63) is 97.9 Å². The Labute approximate surface area is 255 Å². The number of nitrogens with one attached hydrogen (secondary N) is 1. The summed E-state index contributed by atoms with van der Waals surface area (Å²) in [5, 5.41) is 3.53. The van der Waals surface area contributed by atoms with E-state index in [-0.39, 0.29) is 39.6 Å². The van der Waals surface area contributed by atoms with Crippen LogP contribution in [0.3, 0.4) is 0 Å². The molecule has 0 aromatic heterocycles. The maximum absolute atomic E-state index is 14.0. The van der Waals surface area contributed by atoms with Crippen LogP contribution >= 0.6 is 46.4 Å². The van der Waals surface area contributed by atoms with Crippen molar-refractivity contribution in [1.29, 1.82) is 0 Å². The predicted octanol–water partition coefficient (Wildman–Crippen LogP) is 6.23. The van der Waals surface area contributed by atoms with Crippen LogP contribution in [0.4, 0.5) is 5.69 Å². The zero-order valence-electron chi connectivity index (χ0n) is 21.9. The number of anilines is 1. The second kappa shape index (κ2) is 14.4. The van der Waals surface area contributed by atoms with Gasteiger partial charge in [0.1, 0.15) is 12.6 Å². The summed E-state index contributed by atoms with van der Waals surface area (Å²) in [5.41, 5.74) is 1.49. The number of nitrogens with zero attached hydrogens (tertiary/aromatic N) is 2. The summed E-state index contributed by atoms with van der Waals surface area (Å²) >= 11 is 24.7. The summed E-state index contributed by atoms with van der Waals surface area (Å²) in [4.78, 5) is 28.9. The van der Waals surface area contributed by atoms with Crippen LogP contribution in [0.2, 0.25) is 20.1 Å². The summed E-state index contributed by atoms with van der Waals surface area (Å²) in [6.45, 7) is 1.70. The van der Waals surface area contributed by atoms with Gasteiger partial charge in [-0.05, 0) is 41.8 Å². The van der Waals surface area contributed by atoms with Gasteiger partial charge in [0.15, 0.2) is 0 Å². The Morgan fingerprint density at radius 1 is 0.875 bits per heavy atom. The van der Waals surface area contributed by atoms with E-state index in [2.05, 4.69) is 5.32 Å². The lowest BCUT2D eigenvalue weighted by Crippen LogP contribution is -2.53. The zero-order chi connectivity index (χ0) is 29.4. The lowest BCUT2D eigenvalue weighted by Gasteiger charge is -2.33. The first-order chi connectivity index (χ1) is 18.9. The van der Waals surface area contributed by atoms with Crippen molar-refractivity contribution < 1.29 is 18.0 Å². The van der Waals surface area contributed by atoms with Gasteiger partial charge in [0, 0.05) is 24.5 Å². The summed E-state index contributed by atoms with van der Waals surface area (Å²) in [5.74, 6) is -0.986. The molecular weight excluding hydrogens is 616 g/mol. The SMILES string of the molecule is CCCNC(=O)[C@@H](Cc1ccccc1)N(Cc1cccc(Cl)c1)C(=O)CN(c1cc(Cl)c(Cl)cc1Cl)S(C)(=O)=O. The highest BCUT2D eigenvalue weighted by Gasteiger charge is 2.33. The second-order valence-corrected chi connectivity index (χ2v) is 12.7. The van der Waals surface area contributed by atoms with Gasteiger partial charge in [-0.1, -0.05) is 95.8 Å². The first kappa shape index (κ1) is 32.0. The maximum atomic E-state index is 14.0. The predicted molar refractivity (Wildman–Crippen MR) is 163 cm³/mol. The van der Waals surface area contributed by atoms with Gasteiger partial charge in [-0.25, -0.2) is 8.42 Å². The topological polar surface area (TPSA) is 86.8 Å². The van der Waals surface area contributed by atoms with Crippen molar-refractivity contribution >= 4 is 73.9 Å². The van der Waals surface area contributed by atoms with Gasteiger partial charge in [0.25, 0.3) is 0 Å². The number of carbonyl (C=O) groups is 2. The third-order valence-corrected chi connectivity index (χ3v) is 8.39. The minimum absolute atomic E-state index is 0.00312. The molecule has 3 aromatic rings. The van der Waals surface area contributed by atoms with Crippen molar-refractivity contribution in [1.82, 2.24) is 10.2 Å². The van der Waals surface area contributed by atoms with E-state index < -0.39 is 28.5 Å². The molecule has 2 amide bonds. The lowest BCUT2D eigenvalue weighted by molar-refractivity contribution is -0.140. The smallest absolute Gasteiger partial charge is 0.244 e. The van der Waals surface area contributed by atoms with E-state index in [1.165, 1.54) is 17.0 Å². The van der Waals surface area contributed by atoms with Gasteiger partial charge in [0.2, 0.25) is 21.8 Å². The van der Waals surface area contributed by atoms with E-state index >= 15 is 0 Å². The lowest BCUT2D eigenvalue weighted by atomic mass is 10.0. The molecule has 0 heterocycles. The van der Waals surface area contributed by atoms with Gasteiger partial charge in [-0.15, -0.1) is 0 Å². The Balaban J connectivity index is 2.08. The van der Waals surface area contributed by atoms with Gasteiger partial charge < -0.3 is 10.2 Å². The van der Waals surface area contributed by atoms with Crippen LogP contribution in [0.15, 0.2) is 66.7 Å². The Morgan fingerprint density at radius 2 is 1.52 bits per heavy atom. The molecule has 1 N–H and O–H groups in total. The number of carbonyl (C=O) groups excluding carboxylic acids is 2. The molecule has 3 aromatic carbocycles. The van der Waals surface area contributed by atoms with Crippen LogP contribution in [-0.4, -0.2) is 50.5 Å². The van der Waals surface area contributed by atoms with Gasteiger partial charge in [-0.3, -0.25) is 13.9 Å². The normalized spacial score (nSPS) is 12.1. The molecule has 0 saturated heterocycles. The highest BCUT2D eigenvalue weighted by Crippen LogP contribution is 2.35. The third kappa shape index (κ3) is 8.75. The number of hydrogen-bond acceptors (Lipinski definition) is 4. The number of hydrogen-bond donors (Lipinski definition) is 1. The number of benzene rings is 3. The number of rotatable bonds is 12. The van der Waals surface area contributed by atoms with Crippen LogP contribution in [0.5, 0.6) is 0 Å². The molecule has 0 fully saturated rings. The molecule has 0 unspecified atom stereocenters. The summed E-state index contributed by atoms with van der Waals surface area (Å²) < 4.78 is 26.7. The number of halogens is 4. The summed E-state index contributed by atoms with van der Waals surface area (Å²) in [6, 6.07) is 17.8. The maximum Gasteiger partial charge on any atom is 0.244 e. The third-order valence-electron chi connectivity index (χ3n) is 6.00. The highest BCUT2D eigenvalue weighted by atomic mass is 35.5. The van der Waals surface area contributed by atoms with E-state index in [0.29, 0.717) is 23.6 Å². The second-order valence-electron chi connectivity index (χ2n) is 9.14. The van der Waals surface area contributed by atoms with Gasteiger partial charge in [-0.2, -0.15) is 0 Å². The Bertz CT molecular complexity index is 1460.